The van der Waals surface area contributed by atoms with Gasteiger partial charge in [0.15, 0.2) is 0 Å². The minimum Gasteiger partial charge on any atom is -0.356 e. The molecule has 0 unspecified atom stereocenters. The van der Waals surface area contributed by atoms with Gasteiger partial charge in [-0.1, -0.05) is 11.6 Å². The van der Waals surface area contributed by atoms with E-state index < -0.39 is 21.8 Å². The van der Waals surface area contributed by atoms with Gasteiger partial charge < -0.3 is 39.9 Å². The van der Waals surface area contributed by atoms with Gasteiger partial charge >= 0.3 is 0 Å². The third-order valence-corrected chi connectivity index (χ3v) is 9.71. The number of aromatic nitrogens is 3. The van der Waals surface area contributed by atoms with Gasteiger partial charge in [-0.15, -0.1) is 0 Å². The number of sulfonamides is 1. The van der Waals surface area contributed by atoms with E-state index in [2.05, 4.69) is 30.9 Å². The van der Waals surface area contributed by atoms with Crippen LogP contribution < -0.4 is 26.0 Å². The van der Waals surface area contributed by atoms with E-state index in [1.807, 2.05) is 7.05 Å². The molecule has 1 aromatic carbocycles. The number of halogens is 1. The summed E-state index contributed by atoms with van der Waals surface area (Å²) in [5.74, 6) is -1.32. The maximum Gasteiger partial charge on any atom is 0.272 e. The number of amides is 4. The first-order valence-electron chi connectivity index (χ1n) is 16.3. The van der Waals surface area contributed by atoms with Gasteiger partial charge in [-0.05, 0) is 81.5 Å². The van der Waals surface area contributed by atoms with Crippen molar-refractivity contribution in [3.8, 4) is 0 Å². The number of anilines is 2. The van der Waals surface area contributed by atoms with Gasteiger partial charge in [-0.3, -0.25) is 19.2 Å². The van der Waals surface area contributed by atoms with Crippen LogP contribution >= 0.6 is 11.6 Å². The summed E-state index contributed by atoms with van der Waals surface area (Å²) in [6, 6.07) is 12.6. The van der Waals surface area contributed by atoms with Gasteiger partial charge in [0, 0.05) is 70.8 Å². The number of carbonyl (C=O) groups is 4. The average Bonchev–Trinajstić information content (AvgIpc) is 3.78. The molecule has 4 aromatic rings. The zero-order valence-electron chi connectivity index (χ0n) is 29.0. The van der Waals surface area contributed by atoms with Gasteiger partial charge in [-0.25, -0.2) is 13.1 Å². The van der Waals surface area contributed by atoms with Crippen molar-refractivity contribution in [2.45, 2.75) is 24.2 Å². The van der Waals surface area contributed by atoms with Crippen molar-refractivity contribution >= 4 is 56.6 Å². The maximum absolute atomic E-state index is 13.0. The summed E-state index contributed by atoms with van der Waals surface area (Å²) < 4.78 is 32.2. The van der Waals surface area contributed by atoms with E-state index in [1.54, 1.807) is 77.7 Å². The molecule has 0 radical (unpaired) electrons. The van der Waals surface area contributed by atoms with E-state index in [0.717, 1.165) is 0 Å². The molecule has 0 aliphatic heterocycles. The second-order valence-corrected chi connectivity index (χ2v) is 14.3. The molecule has 274 valence electrons. The molecular formula is C34H44ClN9O6S. The average molecular weight is 742 g/mol. The van der Waals surface area contributed by atoms with Crippen LogP contribution in [0.4, 0.5) is 11.4 Å². The van der Waals surface area contributed by atoms with Crippen molar-refractivity contribution in [2.75, 3.05) is 50.4 Å². The van der Waals surface area contributed by atoms with Crippen LogP contribution in [-0.2, 0) is 36.0 Å². The predicted molar refractivity (Wildman–Crippen MR) is 195 cm³/mol. The topological polar surface area (TPSA) is 181 Å². The number of benzene rings is 1. The Morgan fingerprint density at radius 1 is 0.725 bits per heavy atom. The molecule has 5 N–H and O–H groups in total. The number of hydrogen-bond acceptors (Lipinski definition) is 7. The highest BCUT2D eigenvalue weighted by Crippen LogP contribution is 2.18. The summed E-state index contributed by atoms with van der Waals surface area (Å²) in [6.45, 7) is 2.27. The number of aryl methyl sites for hydroxylation is 3. The van der Waals surface area contributed by atoms with Crippen LogP contribution in [0.25, 0.3) is 0 Å². The molecule has 0 atom stereocenters. The Morgan fingerprint density at radius 3 is 1.88 bits per heavy atom. The molecule has 51 heavy (non-hydrogen) atoms. The van der Waals surface area contributed by atoms with Gasteiger partial charge in [0.05, 0.1) is 16.3 Å². The standard InChI is InChI=1S/C34H44ClN9O6S/c1-41(18-7-15-38-51(49,50)27-11-9-24(35)10-12-27)17-6-14-36-31(45)13-16-37-32(46)29-20-25(22-43(29)3)40-34(48)30-21-26(23-44(30)4)39-33(47)28-8-5-19-42(28)2/h5,8-12,19-23,38H,6-7,13-18H2,1-4H3,(H,36,45)(H,37,46)(H,39,47)(H,40,48). The van der Waals surface area contributed by atoms with Crippen LogP contribution in [0.5, 0.6) is 0 Å². The van der Waals surface area contributed by atoms with Gasteiger partial charge in [-0.2, -0.15) is 0 Å². The molecule has 4 amide bonds. The molecule has 0 spiro atoms. The normalized spacial score (nSPS) is 11.4. The SMILES string of the molecule is CN(CCCNC(=O)CCNC(=O)c1cc(NC(=O)c2cc(NC(=O)c3cccn3C)cn2C)cn1C)CCCNS(=O)(=O)c1ccc(Cl)cc1. The summed E-state index contributed by atoms with van der Waals surface area (Å²) in [7, 11) is 3.47. The zero-order chi connectivity index (χ0) is 37.1. The lowest BCUT2D eigenvalue weighted by Gasteiger charge is -2.17. The molecule has 3 heterocycles. The van der Waals surface area contributed by atoms with Crippen LogP contribution in [-0.4, -0.2) is 90.4 Å². The number of hydrogen-bond donors (Lipinski definition) is 5. The number of nitrogens with one attached hydrogen (secondary N) is 5. The highest BCUT2D eigenvalue weighted by atomic mass is 35.5. The maximum atomic E-state index is 13.0. The van der Waals surface area contributed by atoms with Crippen molar-refractivity contribution in [1.29, 1.82) is 0 Å². The fourth-order valence-electron chi connectivity index (χ4n) is 5.21. The first kappa shape index (κ1) is 38.9. The molecule has 0 saturated heterocycles. The Hall–Kier alpha value is -4.90. The molecule has 0 aliphatic rings. The van der Waals surface area contributed by atoms with Crippen molar-refractivity contribution in [1.82, 2.24) is 34.0 Å². The van der Waals surface area contributed by atoms with Crippen LogP contribution in [0.15, 0.2) is 72.0 Å². The Kier molecular flexibility index (Phi) is 13.6. The predicted octanol–water partition coefficient (Wildman–Crippen LogP) is 2.79. The highest BCUT2D eigenvalue weighted by Gasteiger charge is 2.18. The van der Waals surface area contributed by atoms with E-state index in [9.17, 15) is 27.6 Å². The largest absolute Gasteiger partial charge is 0.356 e. The minimum atomic E-state index is -3.59. The number of nitrogens with zero attached hydrogens (tertiary/aromatic N) is 4. The van der Waals surface area contributed by atoms with E-state index in [-0.39, 0.29) is 29.7 Å². The Morgan fingerprint density at radius 2 is 1.29 bits per heavy atom. The molecule has 4 rings (SSSR count). The third-order valence-electron chi connectivity index (χ3n) is 7.98. The van der Waals surface area contributed by atoms with E-state index >= 15 is 0 Å². The molecule has 0 bridgehead atoms. The molecule has 15 nitrogen and oxygen atoms in total. The summed E-state index contributed by atoms with van der Waals surface area (Å²) >= 11 is 5.82. The van der Waals surface area contributed by atoms with Gasteiger partial charge in [0.2, 0.25) is 15.9 Å². The summed E-state index contributed by atoms with van der Waals surface area (Å²) in [5, 5.41) is 11.6. The first-order chi connectivity index (χ1) is 24.2. The van der Waals surface area contributed by atoms with E-state index in [1.165, 1.54) is 24.3 Å². The highest BCUT2D eigenvalue weighted by molar-refractivity contribution is 7.89. The van der Waals surface area contributed by atoms with Crippen molar-refractivity contribution < 1.29 is 27.6 Å². The Labute approximate surface area is 302 Å². The smallest absolute Gasteiger partial charge is 0.272 e. The Bertz CT molecular complexity index is 1950. The molecule has 0 aliphatic carbocycles. The minimum absolute atomic E-state index is 0.0970. The number of rotatable bonds is 18. The summed E-state index contributed by atoms with van der Waals surface area (Å²) in [4.78, 5) is 52.9. The Balaban J connectivity index is 1.11. The lowest BCUT2D eigenvalue weighted by molar-refractivity contribution is -0.120. The number of carbonyl (C=O) groups excluding carboxylic acids is 4. The lowest BCUT2D eigenvalue weighted by atomic mass is 10.3. The fraction of sp³-hybridized carbons (Fsp3) is 0.353. The quantitative estimate of drug-likeness (QED) is 0.0973. The van der Waals surface area contributed by atoms with Crippen LogP contribution in [0, 0.1) is 0 Å². The van der Waals surface area contributed by atoms with Crippen LogP contribution in [0.1, 0.15) is 50.7 Å². The van der Waals surface area contributed by atoms with E-state index in [0.29, 0.717) is 72.5 Å². The molecule has 3 aromatic heterocycles. The lowest BCUT2D eigenvalue weighted by Crippen LogP contribution is -2.33. The van der Waals surface area contributed by atoms with Crippen molar-refractivity contribution in [3.05, 3.63) is 89.2 Å². The monoisotopic (exact) mass is 741 g/mol. The summed E-state index contributed by atoms with van der Waals surface area (Å²) in [6.07, 6.45) is 6.43. The third kappa shape index (κ3) is 11.3. The van der Waals surface area contributed by atoms with Gasteiger partial charge in [0.1, 0.15) is 17.1 Å². The van der Waals surface area contributed by atoms with Crippen molar-refractivity contribution in [3.63, 3.8) is 0 Å². The van der Waals surface area contributed by atoms with Crippen LogP contribution in [0.3, 0.4) is 0 Å². The van der Waals surface area contributed by atoms with Gasteiger partial charge in [0.25, 0.3) is 17.7 Å². The molecule has 0 fully saturated rings. The van der Waals surface area contributed by atoms with Crippen molar-refractivity contribution in [2.24, 2.45) is 21.1 Å². The second-order valence-electron chi connectivity index (χ2n) is 12.1. The second kappa shape index (κ2) is 17.8. The molecule has 17 heteroatoms. The first-order valence-corrected chi connectivity index (χ1v) is 18.1. The summed E-state index contributed by atoms with van der Waals surface area (Å²) in [5.41, 5.74) is 1.96. The van der Waals surface area contributed by atoms with E-state index in [4.69, 9.17) is 11.6 Å². The molecule has 0 saturated carbocycles. The van der Waals surface area contributed by atoms with Crippen LogP contribution in [0.2, 0.25) is 5.02 Å². The fourth-order valence-corrected chi connectivity index (χ4v) is 6.41. The zero-order valence-corrected chi connectivity index (χ0v) is 30.6. The molecular weight excluding hydrogens is 698 g/mol.